The molecule has 0 spiro atoms. The summed E-state index contributed by atoms with van der Waals surface area (Å²) < 4.78 is 23.1. The zero-order chi connectivity index (χ0) is 13.3. The fourth-order valence-corrected chi connectivity index (χ4v) is 3.41. The second-order valence-corrected chi connectivity index (χ2v) is 6.00. The topological polar surface area (TPSA) is 103 Å². The Morgan fingerprint density at radius 3 is 2.39 bits per heavy atom. The average Bonchev–Trinajstić information content (AvgIpc) is 2.79. The second kappa shape index (κ2) is 4.66. The van der Waals surface area contributed by atoms with E-state index in [2.05, 4.69) is 0 Å². The Hall–Kier alpha value is -1.47. The van der Waals surface area contributed by atoms with E-state index in [1.165, 1.54) is 18.2 Å². The Balaban J connectivity index is 2.67. The summed E-state index contributed by atoms with van der Waals surface area (Å²) in [4.78, 5) is 10.4. The van der Waals surface area contributed by atoms with E-state index in [9.17, 15) is 18.5 Å². The van der Waals surface area contributed by atoms with E-state index in [1.807, 2.05) is 0 Å². The summed E-state index contributed by atoms with van der Waals surface area (Å²) in [6.07, 6.45) is 3.46. The molecule has 0 saturated heterocycles. The summed E-state index contributed by atoms with van der Waals surface area (Å²) >= 11 is 0. The van der Waals surface area contributed by atoms with Gasteiger partial charge in [-0.2, -0.15) is 0 Å². The van der Waals surface area contributed by atoms with Gasteiger partial charge in [0, 0.05) is 6.07 Å². The smallest absolute Gasteiger partial charge is 0.258 e. The third-order valence-corrected chi connectivity index (χ3v) is 4.28. The first-order chi connectivity index (χ1) is 8.41. The molecule has 6 nitrogen and oxygen atoms in total. The molecule has 0 aliphatic heterocycles. The van der Waals surface area contributed by atoms with Gasteiger partial charge in [0.25, 0.3) is 5.69 Å². The van der Waals surface area contributed by atoms with E-state index in [-0.39, 0.29) is 22.1 Å². The van der Waals surface area contributed by atoms with Gasteiger partial charge in [0.15, 0.2) is 0 Å². The Bertz CT molecular complexity index is 577. The van der Waals surface area contributed by atoms with Crippen LogP contribution in [0, 0.1) is 10.1 Å². The molecule has 1 aromatic carbocycles. The highest BCUT2D eigenvalue weighted by atomic mass is 32.2. The van der Waals surface area contributed by atoms with Crippen molar-refractivity contribution in [2.75, 3.05) is 0 Å². The van der Waals surface area contributed by atoms with E-state index in [4.69, 9.17) is 5.14 Å². The number of sulfonamides is 1. The predicted octanol–water partition coefficient (Wildman–Crippen LogP) is 1.90. The zero-order valence-electron chi connectivity index (χ0n) is 9.70. The Labute approximate surface area is 105 Å². The Kier molecular flexibility index (Phi) is 3.36. The van der Waals surface area contributed by atoms with Gasteiger partial charge in [-0.05, 0) is 24.8 Å². The fourth-order valence-electron chi connectivity index (χ4n) is 2.56. The van der Waals surface area contributed by atoms with Crippen LogP contribution in [0.25, 0.3) is 0 Å². The number of nitro groups is 1. The number of nitro benzene ring substituents is 1. The molecule has 0 bridgehead atoms. The van der Waals surface area contributed by atoms with E-state index < -0.39 is 14.9 Å². The molecule has 0 atom stereocenters. The second-order valence-electron chi connectivity index (χ2n) is 4.47. The lowest BCUT2D eigenvalue weighted by Gasteiger charge is -2.13. The lowest BCUT2D eigenvalue weighted by atomic mass is 9.96. The third-order valence-electron chi connectivity index (χ3n) is 3.31. The largest absolute Gasteiger partial charge is 0.274 e. The van der Waals surface area contributed by atoms with Crippen LogP contribution in [0.5, 0.6) is 0 Å². The molecule has 2 rings (SSSR count). The number of rotatable bonds is 3. The van der Waals surface area contributed by atoms with Crippen molar-refractivity contribution >= 4 is 15.7 Å². The van der Waals surface area contributed by atoms with Gasteiger partial charge in [0.1, 0.15) is 0 Å². The van der Waals surface area contributed by atoms with Crippen LogP contribution in [0.2, 0.25) is 0 Å². The lowest BCUT2D eigenvalue weighted by molar-refractivity contribution is -0.386. The molecule has 0 heterocycles. The summed E-state index contributed by atoms with van der Waals surface area (Å²) in [5, 5.41) is 16.2. The highest BCUT2D eigenvalue weighted by Crippen LogP contribution is 2.41. The van der Waals surface area contributed by atoms with Crippen molar-refractivity contribution in [3.8, 4) is 0 Å². The summed E-state index contributed by atoms with van der Waals surface area (Å²) in [5.41, 5.74) is 0.135. The van der Waals surface area contributed by atoms with Crippen molar-refractivity contribution in [2.45, 2.75) is 36.5 Å². The minimum atomic E-state index is -3.93. The first-order valence-corrected chi connectivity index (χ1v) is 7.26. The van der Waals surface area contributed by atoms with E-state index in [0.29, 0.717) is 0 Å². The molecule has 2 N–H and O–H groups in total. The van der Waals surface area contributed by atoms with Gasteiger partial charge in [0.2, 0.25) is 10.0 Å². The molecule has 1 aliphatic carbocycles. The van der Waals surface area contributed by atoms with Crippen molar-refractivity contribution in [2.24, 2.45) is 5.14 Å². The minimum Gasteiger partial charge on any atom is -0.258 e. The third kappa shape index (κ3) is 2.37. The first-order valence-electron chi connectivity index (χ1n) is 5.71. The van der Waals surface area contributed by atoms with Gasteiger partial charge >= 0.3 is 0 Å². The standard InChI is InChI=1S/C11H14N2O4S/c12-18(16,17)10-7-3-6-9(13(14)15)11(10)8-4-1-2-5-8/h3,6-8H,1-2,4-5H2,(H2,12,16,17). The minimum absolute atomic E-state index is 0.0834. The number of benzene rings is 1. The van der Waals surface area contributed by atoms with Crippen LogP contribution in [0.3, 0.4) is 0 Å². The monoisotopic (exact) mass is 270 g/mol. The maximum Gasteiger partial charge on any atom is 0.274 e. The highest BCUT2D eigenvalue weighted by molar-refractivity contribution is 7.89. The van der Waals surface area contributed by atoms with Crippen molar-refractivity contribution in [1.29, 1.82) is 0 Å². The molecular formula is C11H14N2O4S. The summed E-state index contributed by atoms with van der Waals surface area (Å²) in [6, 6.07) is 4.04. The maximum atomic E-state index is 11.5. The van der Waals surface area contributed by atoms with Crippen molar-refractivity contribution in [3.63, 3.8) is 0 Å². The predicted molar refractivity (Wildman–Crippen MR) is 65.7 cm³/mol. The molecule has 1 aliphatic rings. The number of primary sulfonamides is 1. The van der Waals surface area contributed by atoms with E-state index in [0.717, 1.165) is 25.7 Å². The Morgan fingerprint density at radius 2 is 1.89 bits per heavy atom. The molecule has 18 heavy (non-hydrogen) atoms. The molecule has 7 heteroatoms. The van der Waals surface area contributed by atoms with Gasteiger partial charge in [-0.1, -0.05) is 18.9 Å². The summed E-state index contributed by atoms with van der Waals surface area (Å²) in [5.74, 6) is -0.0834. The van der Waals surface area contributed by atoms with Gasteiger partial charge in [0.05, 0.1) is 15.4 Å². The average molecular weight is 270 g/mol. The molecule has 0 radical (unpaired) electrons. The molecule has 0 amide bonds. The Morgan fingerprint density at radius 1 is 1.28 bits per heavy atom. The molecule has 1 aromatic rings. The van der Waals surface area contributed by atoms with Gasteiger partial charge in [-0.15, -0.1) is 0 Å². The van der Waals surface area contributed by atoms with Crippen molar-refractivity contribution in [1.82, 2.24) is 0 Å². The normalized spacial score (nSPS) is 16.9. The fraction of sp³-hybridized carbons (Fsp3) is 0.455. The number of hydrogen-bond acceptors (Lipinski definition) is 4. The highest BCUT2D eigenvalue weighted by Gasteiger charge is 2.31. The first kappa shape index (κ1) is 13.0. The van der Waals surface area contributed by atoms with Crippen LogP contribution in [0.1, 0.15) is 37.2 Å². The SMILES string of the molecule is NS(=O)(=O)c1cccc([N+](=O)[O-])c1C1CCCC1. The van der Waals surface area contributed by atoms with Gasteiger partial charge < -0.3 is 0 Å². The maximum absolute atomic E-state index is 11.5. The molecule has 0 aromatic heterocycles. The van der Waals surface area contributed by atoms with E-state index >= 15 is 0 Å². The van der Waals surface area contributed by atoms with Crippen molar-refractivity contribution in [3.05, 3.63) is 33.9 Å². The van der Waals surface area contributed by atoms with Crippen LogP contribution >= 0.6 is 0 Å². The van der Waals surface area contributed by atoms with Gasteiger partial charge in [-0.3, -0.25) is 10.1 Å². The van der Waals surface area contributed by atoms with Crippen LogP contribution < -0.4 is 5.14 Å². The van der Waals surface area contributed by atoms with Crippen LogP contribution in [-0.4, -0.2) is 13.3 Å². The molecule has 98 valence electrons. The molecule has 0 unspecified atom stereocenters. The zero-order valence-corrected chi connectivity index (χ0v) is 10.5. The van der Waals surface area contributed by atoms with Crippen LogP contribution in [-0.2, 0) is 10.0 Å². The number of nitrogens with zero attached hydrogens (tertiary/aromatic N) is 1. The van der Waals surface area contributed by atoms with E-state index in [1.54, 1.807) is 0 Å². The van der Waals surface area contributed by atoms with Gasteiger partial charge in [-0.25, -0.2) is 13.6 Å². The lowest BCUT2D eigenvalue weighted by Crippen LogP contribution is -2.16. The quantitative estimate of drug-likeness (QED) is 0.669. The summed E-state index contributed by atoms with van der Waals surface area (Å²) in [7, 11) is -3.93. The van der Waals surface area contributed by atoms with Crippen LogP contribution in [0.4, 0.5) is 5.69 Å². The van der Waals surface area contributed by atoms with Crippen LogP contribution in [0.15, 0.2) is 23.1 Å². The number of hydrogen-bond donors (Lipinski definition) is 1. The molecular weight excluding hydrogens is 256 g/mol. The number of nitrogens with two attached hydrogens (primary N) is 1. The van der Waals surface area contributed by atoms with Crippen molar-refractivity contribution < 1.29 is 13.3 Å². The molecule has 1 fully saturated rings. The molecule has 1 saturated carbocycles. The summed E-state index contributed by atoms with van der Waals surface area (Å²) in [6.45, 7) is 0.